The highest BCUT2D eigenvalue weighted by molar-refractivity contribution is 6.14. The smallest absolute Gasteiger partial charge is 0.309 e. The van der Waals surface area contributed by atoms with E-state index in [0.717, 1.165) is 0 Å². The number of benzene rings is 10. The quantitative estimate of drug-likeness (QED) is 0.146. The molecule has 0 aliphatic rings. The van der Waals surface area contributed by atoms with Gasteiger partial charge >= 0.3 is 6.18 Å². The van der Waals surface area contributed by atoms with E-state index in [4.69, 9.17) is 26.3 Å². The van der Waals surface area contributed by atoms with Gasteiger partial charge in [-0.05, 0) is 183 Å². The van der Waals surface area contributed by atoms with Crippen LogP contribution in [0.2, 0.25) is 0 Å². The maximum Gasteiger partial charge on any atom is 0.420 e. The topological polar surface area (TPSA) is 146 Å². The molecule has 0 unspecified atom stereocenters. The van der Waals surface area contributed by atoms with E-state index in [9.17, 15) is 26.3 Å². The molecular formula is C70H30F3N11. The van der Waals surface area contributed by atoms with Crippen LogP contribution in [0.15, 0.2) is 182 Å². The van der Waals surface area contributed by atoms with Gasteiger partial charge in [0.05, 0.1) is 107 Å². The summed E-state index contributed by atoms with van der Waals surface area (Å²) >= 11 is 0. The van der Waals surface area contributed by atoms with Crippen molar-refractivity contribution >= 4 is 66.4 Å². The highest BCUT2D eigenvalue weighted by Gasteiger charge is 2.40. The summed E-state index contributed by atoms with van der Waals surface area (Å²) in [4.78, 5) is 14.4. The number of halogens is 3. The number of hydrogen-bond acceptors (Lipinski definition) is 5. The van der Waals surface area contributed by atoms with Crippen LogP contribution in [0.5, 0.6) is 0 Å². The zero-order valence-electron chi connectivity index (χ0n) is 43.4. The third-order valence-electron chi connectivity index (χ3n) is 14.8. The summed E-state index contributed by atoms with van der Waals surface area (Å²) in [6, 6.07) is 59.9. The second-order valence-corrected chi connectivity index (χ2v) is 19.6. The number of aromatic nitrogens is 2. The standard InChI is InChI=1S/C70H30F3N11/c1-79-55-22-43(38-77)20-51(24-55)47-9-13-64-60(29-47)59-28-46(50-18-41(36-75)16-42(19-50)37-76)8-12-63(59)83(64)67-32-54(45-7-5-6-40(17-45)35-74)33-68(69(67)70(71,72)73)84-65-14-10-48(52-21-44(39-78)23-56(25-52)80-2)30-61(65)62-31-49(11-15-66(62)84)53-26-57(81-3)34-58(27-53)82-4/h5-34H. The lowest BCUT2D eigenvalue weighted by molar-refractivity contribution is -0.137. The van der Waals surface area contributed by atoms with Crippen molar-refractivity contribution < 1.29 is 13.2 Å². The van der Waals surface area contributed by atoms with Gasteiger partial charge in [-0.15, -0.1) is 0 Å². The summed E-state index contributed by atoms with van der Waals surface area (Å²) in [5.74, 6) is 0. The summed E-state index contributed by atoms with van der Waals surface area (Å²) in [5, 5.41) is 52.0. The number of hydrogen-bond donors (Lipinski definition) is 0. The molecule has 0 spiro atoms. The zero-order chi connectivity index (χ0) is 58.6. The van der Waals surface area contributed by atoms with Crippen molar-refractivity contribution in [2.75, 3.05) is 0 Å². The maximum absolute atomic E-state index is 17.2. The van der Waals surface area contributed by atoms with E-state index < -0.39 is 11.7 Å². The molecular weight excluding hydrogens is 1050 g/mol. The number of nitrogens with zero attached hydrogens (tertiary/aromatic N) is 11. The molecule has 0 radical (unpaired) electrons. The molecule has 84 heavy (non-hydrogen) atoms. The van der Waals surface area contributed by atoms with E-state index in [1.165, 1.54) is 36.4 Å². The summed E-state index contributed by atoms with van der Waals surface area (Å²) < 4.78 is 54.7. The van der Waals surface area contributed by atoms with Gasteiger partial charge in [0, 0.05) is 32.7 Å². The largest absolute Gasteiger partial charge is 0.420 e. The minimum absolute atomic E-state index is 0.211. The van der Waals surface area contributed by atoms with Gasteiger partial charge in [-0.25, -0.2) is 19.4 Å². The highest BCUT2D eigenvalue weighted by Crippen LogP contribution is 2.48. The van der Waals surface area contributed by atoms with Gasteiger partial charge in [-0.1, -0.05) is 54.6 Å². The van der Waals surface area contributed by atoms with Crippen LogP contribution in [-0.4, -0.2) is 9.13 Å². The van der Waals surface area contributed by atoms with Gasteiger partial charge in [-0.2, -0.15) is 39.5 Å². The molecule has 0 saturated carbocycles. The Morgan fingerprint density at radius 2 is 0.607 bits per heavy atom. The zero-order valence-corrected chi connectivity index (χ0v) is 43.4. The van der Waals surface area contributed by atoms with Gasteiger partial charge in [-0.3, -0.25) is 0 Å². The van der Waals surface area contributed by atoms with Crippen LogP contribution in [0.25, 0.3) is 130 Å². The Morgan fingerprint density at radius 1 is 0.310 bits per heavy atom. The first-order chi connectivity index (χ1) is 40.8. The van der Waals surface area contributed by atoms with Crippen LogP contribution in [-0.2, 0) is 6.18 Å². The average Bonchev–Trinajstić information content (AvgIpc) is 1.92. The molecule has 0 aliphatic heterocycles. The number of nitriles is 5. The van der Waals surface area contributed by atoms with Gasteiger partial charge in [0.2, 0.25) is 0 Å². The van der Waals surface area contributed by atoms with Gasteiger partial charge in [0.1, 0.15) is 5.56 Å². The van der Waals surface area contributed by atoms with Crippen LogP contribution in [0.1, 0.15) is 33.4 Å². The Labute approximate surface area is 477 Å². The highest BCUT2D eigenvalue weighted by atomic mass is 19.4. The normalized spacial score (nSPS) is 10.9. The molecule has 0 amide bonds. The first kappa shape index (κ1) is 51.7. The minimum atomic E-state index is -5.10. The predicted octanol–water partition coefficient (Wildman–Crippen LogP) is 18.8. The molecule has 2 heterocycles. The Morgan fingerprint density at radius 3 is 0.952 bits per heavy atom. The summed E-state index contributed by atoms with van der Waals surface area (Å²) in [7, 11) is 0. The van der Waals surface area contributed by atoms with Crippen LogP contribution in [0, 0.1) is 82.9 Å². The molecule has 0 fully saturated rings. The molecule has 0 aliphatic carbocycles. The molecule has 0 atom stereocenters. The molecule has 386 valence electrons. The van der Waals surface area contributed by atoms with E-state index in [0.29, 0.717) is 99.2 Å². The lowest BCUT2D eigenvalue weighted by atomic mass is 9.97. The van der Waals surface area contributed by atoms with E-state index in [2.05, 4.69) is 49.7 Å². The SMILES string of the molecule is [C-]#[N+]c1cc(C#N)cc(-c2ccc3c(c2)c2cc(-c4cc(C#N)cc(C#N)c4)ccc2n3-c2cc(-c3cccc(C#N)c3)cc(-n3c4ccc(-c5cc(C#N)cc([N+]#[C-])c5)cc4c4cc(-c5cc([N+]#[C-])cc([N+]#[C-])c5)ccc43)c2C(F)(F)F)c1. The molecule has 0 N–H and O–H groups in total. The Hall–Kier alpha value is -13.0. The molecule has 12 rings (SSSR count). The van der Waals surface area contributed by atoms with Crippen molar-refractivity contribution in [1.29, 1.82) is 26.3 Å². The first-order valence-electron chi connectivity index (χ1n) is 25.4. The first-order valence-corrected chi connectivity index (χ1v) is 25.4. The minimum Gasteiger partial charge on any atom is -0.309 e. The van der Waals surface area contributed by atoms with E-state index >= 15 is 13.2 Å². The van der Waals surface area contributed by atoms with Crippen molar-refractivity contribution in [2.24, 2.45) is 0 Å². The third-order valence-corrected chi connectivity index (χ3v) is 14.8. The van der Waals surface area contributed by atoms with E-state index in [1.54, 1.807) is 155 Å². The van der Waals surface area contributed by atoms with Crippen LogP contribution >= 0.6 is 0 Å². The van der Waals surface area contributed by atoms with Crippen LogP contribution in [0.4, 0.5) is 35.9 Å². The van der Waals surface area contributed by atoms with Crippen LogP contribution in [0.3, 0.4) is 0 Å². The average molecular weight is 1080 g/mol. The fourth-order valence-electron chi connectivity index (χ4n) is 11.1. The van der Waals surface area contributed by atoms with Crippen molar-refractivity contribution in [3.05, 3.63) is 261 Å². The Balaban J connectivity index is 1.22. The van der Waals surface area contributed by atoms with Gasteiger partial charge in [0.25, 0.3) is 0 Å². The second kappa shape index (κ2) is 20.3. The third kappa shape index (κ3) is 8.93. The van der Waals surface area contributed by atoms with Crippen molar-refractivity contribution in [3.8, 4) is 97.4 Å². The molecule has 0 bridgehead atoms. The van der Waals surface area contributed by atoms with E-state index in [1.807, 2.05) is 0 Å². The van der Waals surface area contributed by atoms with E-state index in [-0.39, 0.29) is 61.9 Å². The molecule has 11 nitrogen and oxygen atoms in total. The van der Waals surface area contributed by atoms with Crippen LogP contribution < -0.4 is 0 Å². The number of rotatable bonds is 7. The van der Waals surface area contributed by atoms with Gasteiger partial charge in [0.15, 0.2) is 22.7 Å². The van der Waals surface area contributed by atoms with Crippen molar-refractivity contribution in [3.63, 3.8) is 0 Å². The van der Waals surface area contributed by atoms with Gasteiger partial charge < -0.3 is 9.13 Å². The second-order valence-electron chi connectivity index (χ2n) is 19.6. The van der Waals surface area contributed by atoms with Crippen molar-refractivity contribution in [2.45, 2.75) is 6.18 Å². The molecule has 10 aromatic carbocycles. The summed E-state index contributed by atoms with van der Waals surface area (Å²) in [6.07, 6.45) is -5.10. The van der Waals surface area contributed by atoms with Crippen molar-refractivity contribution in [1.82, 2.24) is 9.13 Å². The summed E-state index contributed by atoms with van der Waals surface area (Å²) in [5.41, 5.74) is 6.88. The number of fused-ring (bicyclic) bond motifs is 6. The maximum atomic E-state index is 17.2. The lowest BCUT2D eigenvalue weighted by Gasteiger charge is -2.23. The number of alkyl halides is 3. The molecule has 12 aromatic rings. The molecule has 0 saturated heterocycles. The molecule has 2 aromatic heterocycles. The predicted molar refractivity (Wildman–Crippen MR) is 316 cm³/mol. The fourth-order valence-corrected chi connectivity index (χ4v) is 11.1. The fraction of sp³-hybridized carbons (Fsp3) is 0.0143. The Bertz CT molecular complexity index is 4640. The lowest BCUT2D eigenvalue weighted by Crippen LogP contribution is -2.16. The Kier molecular flexibility index (Phi) is 12.5. The monoisotopic (exact) mass is 1080 g/mol. The summed E-state index contributed by atoms with van der Waals surface area (Å²) in [6.45, 7) is 31.1. The molecule has 14 heteroatoms.